The van der Waals surface area contributed by atoms with E-state index in [0.717, 1.165) is 29.5 Å². The summed E-state index contributed by atoms with van der Waals surface area (Å²) in [6, 6.07) is 14.4. The Hall–Kier alpha value is -1.73. The highest BCUT2D eigenvalue weighted by Crippen LogP contribution is 2.49. The summed E-state index contributed by atoms with van der Waals surface area (Å²) in [7, 11) is 0. The molecule has 3 atom stereocenters. The number of anilines is 1. The number of nitrogens with zero attached hydrogens (tertiary/aromatic N) is 3. The van der Waals surface area contributed by atoms with Crippen molar-refractivity contribution >= 4 is 45.0 Å². The fraction of sp³-hybridized carbons (Fsp3) is 0.300. The smallest absolute Gasteiger partial charge is 0.253 e. The first-order valence-electron chi connectivity index (χ1n) is 8.98. The van der Waals surface area contributed by atoms with E-state index < -0.39 is 12.0 Å². The lowest BCUT2D eigenvalue weighted by Gasteiger charge is -2.29. The topological polar surface area (TPSA) is 43.9 Å². The molecule has 2 amide bonds. The van der Waals surface area contributed by atoms with Crippen LogP contribution in [0.5, 0.6) is 0 Å². The molecule has 0 bridgehead atoms. The first kappa shape index (κ1) is 17.4. The summed E-state index contributed by atoms with van der Waals surface area (Å²) in [5.74, 6) is -0.665. The Morgan fingerprint density at radius 3 is 2.33 bits per heavy atom. The third-order valence-corrected chi connectivity index (χ3v) is 6.43. The minimum Gasteiger partial charge on any atom is -0.274 e. The van der Waals surface area contributed by atoms with E-state index >= 15 is 0 Å². The van der Waals surface area contributed by atoms with E-state index in [1.165, 1.54) is 4.90 Å². The van der Waals surface area contributed by atoms with Gasteiger partial charge < -0.3 is 0 Å². The highest BCUT2D eigenvalue weighted by atomic mass is 79.9. The molecular weight excluding hydrogens is 430 g/mol. The van der Waals surface area contributed by atoms with E-state index in [1.54, 1.807) is 6.07 Å². The molecule has 0 unspecified atom stereocenters. The van der Waals surface area contributed by atoms with Gasteiger partial charge in [0.15, 0.2) is 0 Å². The lowest BCUT2D eigenvalue weighted by molar-refractivity contribution is -0.126. The average Bonchev–Trinajstić information content (AvgIpc) is 3.28. The monoisotopic (exact) mass is 445 g/mol. The number of carbonyl (C=O) groups excluding carboxylic acids is 2. The number of rotatable bonds is 2. The number of hydrogen-bond donors (Lipinski definition) is 0. The number of amides is 2. The molecule has 0 aliphatic carbocycles. The van der Waals surface area contributed by atoms with Crippen LogP contribution in [0.1, 0.15) is 18.0 Å². The molecule has 5 nitrogen and oxygen atoms in total. The molecule has 2 aromatic rings. The summed E-state index contributed by atoms with van der Waals surface area (Å²) in [4.78, 5) is 28.0. The van der Waals surface area contributed by atoms with Gasteiger partial charge >= 0.3 is 0 Å². The Morgan fingerprint density at radius 2 is 1.63 bits per heavy atom. The van der Waals surface area contributed by atoms with E-state index in [4.69, 9.17) is 11.6 Å². The van der Waals surface area contributed by atoms with Crippen molar-refractivity contribution in [2.45, 2.75) is 18.5 Å². The second-order valence-electron chi connectivity index (χ2n) is 7.14. The van der Waals surface area contributed by atoms with Crippen LogP contribution >= 0.6 is 27.5 Å². The Labute approximate surface area is 170 Å². The van der Waals surface area contributed by atoms with Crippen LogP contribution in [-0.2, 0) is 9.59 Å². The van der Waals surface area contributed by atoms with Gasteiger partial charge in [0.2, 0.25) is 5.91 Å². The molecule has 0 aromatic heterocycles. The van der Waals surface area contributed by atoms with Crippen LogP contribution in [-0.4, -0.2) is 41.0 Å². The highest BCUT2D eigenvalue weighted by molar-refractivity contribution is 9.10. The minimum absolute atomic E-state index is 0.127. The van der Waals surface area contributed by atoms with Gasteiger partial charge in [-0.25, -0.2) is 14.9 Å². The van der Waals surface area contributed by atoms with Gasteiger partial charge in [-0.05, 0) is 42.3 Å². The maximum atomic E-state index is 13.4. The zero-order valence-corrected chi connectivity index (χ0v) is 16.7. The highest BCUT2D eigenvalue weighted by Gasteiger charge is 2.62. The Kier molecular flexibility index (Phi) is 4.13. The lowest BCUT2D eigenvalue weighted by Crippen LogP contribution is -2.44. The summed E-state index contributed by atoms with van der Waals surface area (Å²) in [5.41, 5.74) is 1.64. The first-order valence-corrected chi connectivity index (χ1v) is 10.2. The van der Waals surface area contributed by atoms with Crippen molar-refractivity contribution in [2.75, 3.05) is 18.0 Å². The number of carbonyl (C=O) groups is 2. The zero-order valence-electron chi connectivity index (χ0n) is 14.4. The summed E-state index contributed by atoms with van der Waals surface area (Å²) >= 11 is 9.48. The van der Waals surface area contributed by atoms with Crippen LogP contribution in [0.15, 0.2) is 53.0 Å². The predicted molar refractivity (Wildman–Crippen MR) is 106 cm³/mol. The van der Waals surface area contributed by atoms with Gasteiger partial charge in [0.1, 0.15) is 6.04 Å². The molecule has 0 saturated carbocycles. The normalized spacial score (nSPS) is 28.1. The molecular formula is C20H17BrClN3O2. The molecule has 0 spiro atoms. The van der Waals surface area contributed by atoms with E-state index in [-0.39, 0.29) is 17.9 Å². The number of fused-ring (bicyclic) bond motifs is 3. The molecule has 3 aliphatic rings. The molecule has 7 heteroatoms. The van der Waals surface area contributed by atoms with Gasteiger partial charge in [-0.2, -0.15) is 0 Å². The molecule has 3 saturated heterocycles. The molecule has 5 rings (SSSR count). The predicted octanol–water partition coefficient (Wildman–Crippen LogP) is 3.64. The van der Waals surface area contributed by atoms with Crippen molar-refractivity contribution in [3.8, 4) is 0 Å². The number of benzene rings is 2. The van der Waals surface area contributed by atoms with Crippen LogP contribution in [0.2, 0.25) is 5.02 Å². The summed E-state index contributed by atoms with van der Waals surface area (Å²) < 4.78 is 0.842. The van der Waals surface area contributed by atoms with E-state index in [0.29, 0.717) is 10.7 Å². The van der Waals surface area contributed by atoms with Gasteiger partial charge in [-0.15, -0.1) is 0 Å². The van der Waals surface area contributed by atoms with Gasteiger partial charge in [0.05, 0.1) is 17.6 Å². The second-order valence-corrected chi connectivity index (χ2v) is 8.49. The molecule has 2 aromatic carbocycles. The van der Waals surface area contributed by atoms with E-state index in [9.17, 15) is 9.59 Å². The van der Waals surface area contributed by atoms with Crippen molar-refractivity contribution in [2.24, 2.45) is 5.92 Å². The maximum absolute atomic E-state index is 13.4. The minimum atomic E-state index is -0.431. The van der Waals surface area contributed by atoms with Crippen molar-refractivity contribution < 1.29 is 9.59 Å². The number of imide groups is 1. The first-order chi connectivity index (χ1) is 13.1. The number of hydrogen-bond acceptors (Lipinski definition) is 4. The SMILES string of the molecule is O=C1[C@H]2[C@@H](c3ccc(Cl)cc3)N3CCCN3[C@H]2C(=O)N1c1cccc(Br)c1. The Morgan fingerprint density at radius 1 is 0.926 bits per heavy atom. The Balaban J connectivity index is 1.59. The third kappa shape index (κ3) is 2.58. The fourth-order valence-electron chi connectivity index (χ4n) is 4.64. The Bertz CT molecular complexity index is 935. The summed E-state index contributed by atoms with van der Waals surface area (Å²) in [6.07, 6.45) is 0.992. The standard InChI is InChI=1S/C20H17BrClN3O2/c21-13-3-1-4-15(11-13)25-19(26)16-17(12-5-7-14(22)8-6-12)23-9-2-10-24(23)18(16)20(25)27/h1,3-8,11,16-18H,2,9-10H2/t16-,17+,18+/m0/s1. The molecule has 138 valence electrons. The van der Waals surface area contributed by atoms with Crippen molar-refractivity contribution in [1.82, 2.24) is 10.0 Å². The van der Waals surface area contributed by atoms with Gasteiger partial charge in [-0.1, -0.05) is 45.7 Å². The van der Waals surface area contributed by atoms with E-state index in [2.05, 4.69) is 25.9 Å². The lowest BCUT2D eigenvalue weighted by atomic mass is 9.90. The third-order valence-electron chi connectivity index (χ3n) is 5.68. The molecule has 0 radical (unpaired) electrons. The maximum Gasteiger partial charge on any atom is 0.253 e. The van der Waals surface area contributed by atoms with Crippen LogP contribution in [0.4, 0.5) is 5.69 Å². The molecule has 3 fully saturated rings. The fourth-order valence-corrected chi connectivity index (χ4v) is 5.16. The number of halogens is 2. The van der Waals surface area contributed by atoms with Crippen LogP contribution in [0.25, 0.3) is 0 Å². The molecule has 0 N–H and O–H groups in total. The van der Waals surface area contributed by atoms with Crippen LogP contribution in [0.3, 0.4) is 0 Å². The van der Waals surface area contributed by atoms with Gasteiger partial charge in [0.25, 0.3) is 5.91 Å². The van der Waals surface area contributed by atoms with Crippen LogP contribution in [0, 0.1) is 5.92 Å². The summed E-state index contributed by atoms with van der Waals surface area (Å²) in [6.45, 7) is 1.66. The molecule has 27 heavy (non-hydrogen) atoms. The van der Waals surface area contributed by atoms with E-state index in [1.807, 2.05) is 42.5 Å². The largest absolute Gasteiger partial charge is 0.274 e. The zero-order chi connectivity index (χ0) is 18.7. The average molecular weight is 447 g/mol. The molecule has 3 aliphatic heterocycles. The quantitative estimate of drug-likeness (QED) is 0.661. The number of hydrazine groups is 1. The molecule has 3 heterocycles. The van der Waals surface area contributed by atoms with Crippen molar-refractivity contribution in [1.29, 1.82) is 0 Å². The summed E-state index contributed by atoms with van der Waals surface area (Å²) in [5, 5.41) is 4.96. The van der Waals surface area contributed by atoms with Crippen molar-refractivity contribution in [3.63, 3.8) is 0 Å². The van der Waals surface area contributed by atoms with Gasteiger partial charge in [-0.3, -0.25) is 9.59 Å². The van der Waals surface area contributed by atoms with Gasteiger partial charge in [0, 0.05) is 22.6 Å². The van der Waals surface area contributed by atoms with Crippen LogP contribution < -0.4 is 4.90 Å². The van der Waals surface area contributed by atoms with Crippen molar-refractivity contribution in [3.05, 3.63) is 63.6 Å². The second kappa shape index (κ2) is 6.41.